The third kappa shape index (κ3) is 3.62. The molecule has 0 aromatic rings. The monoisotopic (exact) mass is 456 g/mol. The molecule has 2 N–H and O–H groups in total. The second kappa shape index (κ2) is 8.18. The molecule has 4 nitrogen and oxygen atoms in total. The molecule has 0 spiro atoms. The summed E-state index contributed by atoms with van der Waals surface area (Å²) < 4.78 is 35.3. The van der Waals surface area contributed by atoms with E-state index in [4.69, 9.17) is 4.74 Å². The summed E-state index contributed by atoms with van der Waals surface area (Å²) >= 11 is 0. The van der Waals surface area contributed by atoms with Crippen molar-refractivity contribution in [2.45, 2.75) is 110 Å². The molecule has 0 amide bonds. The minimum absolute atomic E-state index is 0.0177. The van der Waals surface area contributed by atoms with Gasteiger partial charge in [-0.25, -0.2) is 8.78 Å². The van der Waals surface area contributed by atoms with Crippen molar-refractivity contribution in [1.82, 2.24) is 0 Å². The van der Waals surface area contributed by atoms with Gasteiger partial charge in [0.15, 0.2) is 0 Å². The largest absolute Gasteiger partial charge is 0.462 e. The zero-order chi connectivity index (χ0) is 23.6. The van der Waals surface area contributed by atoms with E-state index in [2.05, 4.69) is 13.8 Å². The fourth-order valence-corrected chi connectivity index (χ4v) is 8.49. The molecular weight excluding hydrogens is 414 g/mol. The lowest BCUT2D eigenvalue weighted by Crippen LogP contribution is -2.53. The number of rotatable bonds is 4. The van der Waals surface area contributed by atoms with Crippen LogP contribution in [0.1, 0.15) is 86.0 Å². The number of esters is 1. The Balaban J connectivity index is 1.61. The Labute approximate surface area is 191 Å². The van der Waals surface area contributed by atoms with Gasteiger partial charge in [-0.05, 0) is 73.5 Å². The molecule has 32 heavy (non-hydrogen) atoms. The molecule has 1 unspecified atom stereocenters. The molecule has 3 aliphatic carbocycles. The van der Waals surface area contributed by atoms with Crippen molar-refractivity contribution in [3.8, 4) is 0 Å². The number of carbonyl (C=O) groups excluding carboxylic acids is 1. The van der Waals surface area contributed by atoms with Crippen molar-refractivity contribution in [3.05, 3.63) is 0 Å². The van der Waals surface area contributed by atoms with E-state index in [1.807, 2.05) is 0 Å². The number of aliphatic hydroxyl groups is 2. The highest BCUT2D eigenvalue weighted by atomic mass is 19.3. The van der Waals surface area contributed by atoms with Crippen LogP contribution in [0.4, 0.5) is 8.78 Å². The highest BCUT2D eigenvalue weighted by Crippen LogP contribution is 2.66. The highest BCUT2D eigenvalue weighted by molar-refractivity contribution is 5.70. The van der Waals surface area contributed by atoms with Gasteiger partial charge in [-0.1, -0.05) is 34.6 Å². The fraction of sp³-hybridized carbons (Fsp3) is 0.962. The van der Waals surface area contributed by atoms with E-state index < -0.39 is 30.0 Å². The van der Waals surface area contributed by atoms with E-state index in [9.17, 15) is 23.8 Å². The minimum atomic E-state index is -3.11. The number of halogens is 2. The Morgan fingerprint density at radius 2 is 1.66 bits per heavy atom. The van der Waals surface area contributed by atoms with Gasteiger partial charge >= 0.3 is 5.97 Å². The number of hydrogen-bond donors (Lipinski definition) is 2. The Kier molecular flexibility index (Phi) is 6.23. The van der Waals surface area contributed by atoms with Crippen LogP contribution in [0.25, 0.3) is 0 Å². The molecule has 4 fully saturated rings. The lowest BCUT2D eigenvalue weighted by atomic mass is 9.49. The van der Waals surface area contributed by atoms with E-state index in [1.165, 1.54) is 13.8 Å². The van der Waals surface area contributed by atoms with Crippen LogP contribution in [0.3, 0.4) is 0 Å². The topological polar surface area (TPSA) is 66.8 Å². The van der Waals surface area contributed by atoms with Crippen LogP contribution in [0.2, 0.25) is 0 Å². The van der Waals surface area contributed by atoms with Crippen LogP contribution in [-0.4, -0.2) is 40.4 Å². The summed E-state index contributed by atoms with van der Waals surface area (Å²) in [4.78, 5) is 12.8. The number of aliphatic hydroxyl groups excluding tert-OH is 2. The molecular formula is C26H42F2O4. The quantitative estimate of drug-likeness (QED) is 0.571. The molecule has 10 atom stereocenters. The molecule has 0 aromatic carbocycles. The van der Waals surface area contributed by atoms with Crippen molar-refractivity contribution in [2.24, 2.45) is 46.3 Å². The van der Waals surface area contributed by atoms with Gasteiger partial charge in [0.05, 0.1) is 6.10 Å². The SMILES string of the molecule is CC(C)C(F)(F)[C@H](O)[C@@H](C)[C@H]1CC[C@H]2C3CC(=O)O[C@H]4C[C@H](O)CC[C@]4(C)[C@H]3CC[C@]12C. The van der Waals surface area contributed by atoms with E-state index in [0.717, 1.165) is 38.5 Å². The molecule has 4 rings (SSSR count). The molecule has 1 saturated heterocycles. The standard InChI is InChI=1S/C26H42F2O4/c1-14(2)26(27,28)23(31)15(3)18-6-7-19-17-13-22(30)32-21-12-16(29)8-10-25(21,5)20(17)9-11-24(18,19)4/h14-21,23,29,31H,6-13H2,1-5H3/t15-,16+,17?,18+,19-,20-,21-,23+,24+,25+/m0/s1. The summed E-state index contributed by atoms with van der Waals surface area (Å²) in [5.41, 5.74) is -0.287. The molecule has 0 bridgehead atoms. The molecule has 1 aliphatic heterocycles. The van der Waals surface area contributed by atoms with Gasteiger partial charge < -0.3 is 14.9 Å². The van der Waals surface area contributed by atoms with Gasteiger partial charge in [0, 0.05) is 24.2 Å². The summed E-state index contributed by atoms with van der Waals surface area (Å²) in [5, 5.41) is 20.9. The minimum Gasteiger partial charge on any atom is -0.462 e. The van der Waals surface area contributed by atoms with Crippen LogP contribution < -0.4 is 0 Å². The third-order valence-corrected chi connectivity index (χ3v) is 10.6. The van der Waals surface area contributed by atoms with E-state index in [0.29, 0.717) is 18.8 Å². The number of alkyl halides is 2. The smallest absolute Gasteiger partial charge is 0.306 e. The highest BCUT2D eigenvalue weighted by Gasteiger charge is 2.62. The summed E-state index contributed by atoms with van der Waals surface area (Å²) in [6.45, 7) is 9.20. The molecule has 3 saturated carbocycles. The average Bonchev–Trinajstić information content (AvgIpc) is 3.02. The lowest BCUT2D eigenvalue weighted by Gasteiger charge is -2.55. The summed E-state index contributed by atoms with van der Waals surface area (Å²) in [6, 6.07) is 0. The molecule has 0 radical (unpaired) electrons. The van der Waals surface area contributed by atoms with E-state index >= 15 is 0 Å². The van der Waals surface area contributed by atoms with Gasteiger partial charge in [0.25, 0.3) is 5.92 Å². The van der Waals surface area contributed by atoms with Gasteiger partial charge in [-0.3, -0.25) is 4.79 Å². The molecule has 1 heterocycles. The second-order valence-electron chi connectivity index (χ2n) is 12.4. The summed E-state index contributed by atoms with van der Waals surface area (Å²) in [5.74, 6) is -3.85. The van der Waals surface area contributed by atoms with Crippen molar-refractivity contribution < 1.29 is 28.5 Å². The second-order valence-corrected chi connectivity index (χ2v) is 12.4. The fourth-order valence-electron chi connectivity index (χ4n) is 8.49. The third-order valence-electron chi connectivity index (χ3n) is 10.6. The van der Waals surface area contributed by atoms with E-state index in [1.54, 1.807) is 6.92 Å². The van der Waals surface area contributed by atoms with Crippen LogP contribution in [0.5, 0.6) is 0 Å². The number of ether oxygens (including phenoxy) is 1. The molecule has 0 aromatic heterocycles. The Morgan fingerprint density at radius 1 is 1.03 bits per heavy atom. The lowest BCUT2D eigenvalue weighted by molar-refractivity contribution is -0.174. The Bertz CT molecular complexity index is 727. The van der Waals surface area contributed by atoms with Gasteiger partial charge in [0.2, 0.25) is 0 Å². The average molecular weight is 457 g/mol. The molecule has 184 valence electrons. The maximum atomic E-state index is 14.7. The van der Waals surface area contributed by atoms with Crippen molar-refractivity contribution in [3.63, 3.8) is 0 Å². The predicted molar refractivity (Wildman–Crippen MR) is 118 cm³/mol. The van der Waals surface area contributed by atoms with Crippen LogP contribution in [0, 0.1) is 46.3 Å². The first-order valence-electron chi connectivity index (χ1n) is 12.8. The van der Waals surface area contributed by atoms with Crippen molar-refractivity contribution in [1.29, 1.82) is 0 Å². The van der Waals surface area contributed by atoms with Crippen LogP contribution >= 0.6 is 0 Å². The van der Waals surface area contributed by atoms with E-state index in [-0.39, 0.29) is 40.7 Å². The van der Waals surface area contributed by atoms with Gasteiger partial charge in [-0.2, -0.15) is 0 Å². The van der Waals surface area contributed by atoms with Crippen LogP contribution in [-0.2, 0) is 9.53 Å². The first-order valence-corrected chi connectivity index (χ1v) is 12.8. The normalized spacial score (nSPS) is 46.5. The number of fused-ring (bicyclic) bond motifs is 5. The number of carbonyl (C=O) groups is 1. The maximum Gasteiger partial charge on any atom is 0.306 e. The van der Waals surface area contributed by atoms with Gasteiger partial charge in [-0.15, -0.1) is 0 Å². The predicted octanol–water partition coefficient (Wildman–Crippen LogP) is 5.20. The number of hydrogen-bond acceptors (Lipinski definition) is 4. The van der Waals surface area contributed by atoms with Crippen molar-refractivity contribution in [2.75, 3.05) is 0 Å². The molecule has 4 aliphatic rings. The first kappa shape index (κ1) is 24.4. The molecule has 6 heteroatoms. The van der Waals surface area contributed by atoms with Gasteiger partial charge in [0.1, 0.15) is 12.2 Å². The zero-order valence-corrected chi connectivity index (χ0v) is 20.3. The Hall–Kier alpha value is -0.750. The van der Waals surface area contributed by atoms with Crippen molar-refractivity contribution >= 4 is 5.97 Å². The Morgan fingerprint density at radius 3 is 2.31 bits per heavy atom. The summed E-state index contributed by atoms with van der Waals surface area (Å²) in [7, 11) is 0. The first-order chi connectivity index (χ1) is 14.8. The van der Waals surface area contributed by atoms with Crippen LogP contribution in [0.15, 0.2) is 0 Å². The summed E-state index contributed by atoms with van der Waals surface area (Å²) in [6.07, 6.45) is 3.84. The maximum absolute atomic E-state index is 14.7. The zero-order valence-electron chi connectivity index (χ0n) is 20.3.